The third-order valence-electron chi connectivity index (χ3n) is 2.06. The van der Waals surface area contributed by atoms with Gasteiger partial charge >= 0.3 is 18.0 Å². The molecule has 0 aromatic heterocycles. The molecule has 1 aromatic rings. The number of nitro groups is 1. The topological polar surface area (TPSA) is 102 Å². The van der Waals surface area contributed by atoms with E-state index < -0.39 is 39.8 Å². The maximum absolute atomic E-state index is 12.2. The molecule has 0 spiro atoms. The Hall–Kier alpha value is -2.83. The van der Waals surface area contributed by atoms with Crippen molar-refractivity contribution in [3.05, 3.63) is 33.4 Å². The lowest BCUT2D eigenvalue weighted by molar-refractivity contribution is -0.389. The fourth-order valence-corrected chi connectivity index (χ4v) is 1.36. The SMILES string of the molecule is COC(=O)c1c(C#N)ccc(OC(F)(F)F)c1[N+](=O)[O-]. The van der Waals surface area contributed by atoms with Crippen molar-refractivity contribution in [2.75, 3.05) is 7.11 Å². The van der Waals surface area contributed by atoms with Crippen molar-refractivity contribution < 1.29 is 32.4 Å². The number of ether oxygens (including phenoxy) is 2. The van der Waals surface area contributed by atoms with Gasteiger partial charge in [0.05, 0.1) is 17.6 Å². The highest BCUT2D eigenvalue weighted by molar-refractivity contribution is 5.97. The second-order valence-corrected chi connectivity index (χ2v) is 3.24. The summed E-state index contributed by atoms with van der Waals surface area (Å²) >= 11 is 0. The van der Waals surface area contributed by atoms with E-state index in [0.717, 1.165) is 13.2 Å². The van der Waals surface area contributed by atoms with E-state index in [0.29, 0.717) is 6.07 Å². The number of benzene rings is 1. The van der Waals surface area contributed by atoms with Gasteiger partial charge in [-0.05, 0) is 12.1 Å². The summed E-state index contributed by atoms with van der Waals surface area (Å²) in [6.07, 6.45) is -5.19. The molecule has 10 heteroatoms. The molecular formula is C10H5F3N2O5. The summed E-state index contributed by atoms with van der Waals surface area (Å²) in [5.74, 6) is -2.53. The van der Waals surface area contributed by atoms with E-state index in [-0.39, 0.29) is 0 Å². The highest BCUT2D eigenvalue weighted by Crippen LogP contribution is 2.36. The number of hydrogen-bond acceptors (Lipinski definition) is 6. The average molecular weight is 290 g/mol. The molecule has 0 saturated carbocycles. The van der Waals surface area contributed by atoms with Crippen LogP contribution in [0.4, 0.5) is 18.9 Å². The number of hydrogen-bond donors (Lipinski definition) is 0. The molecular weight excluding hydrogens is 285 g/mol. The number of halogens is 3. The van der Waals surface area contributed by atoms with Crippen LogP contribution in [0, 0.1) is 21.4 Å². The number of nitrogens with zero attached hydrogens (tertiary/aromatic N) is 2. The van der Waals surface area contributed by atoms with Gasteiger partial charge in [-0.3, -0.25) is 10.1 Å². The van der Waals surface area contributed by atoms with Crippen LogP contribution in [0.5, 0.6) is 5.75 Å². The van der Waals surface area contributed by atoms with E-state index in [4.69, 9.17) is 5.26 Å². The quantitative estimate of drug-likeness (QED) is 0.480. The van der Waals surface area contributed by atoms with Crippen LogP contribution in [0.3, 0.4) is 0 Å². The monoisotopic (exact) mass is 290 g/mol. The molecule has 0 saturated heterocycles. The van der Waals surface area contributed by atoms with Crippen LogP contribution in [0.1, 0.15) is 15.9 Å². The molecule has 1 rings (SSSR count). The number of rotatable bonds is 3. The van der Waals surface area contributed by atoms with Crippen LogP contribution < -0.4 is 4.74 Å². The van der Waals surface area contributed by atoms with Gasteiger partial charge in [-0.1, -0.05) is 0 Å². The lowest BCUT2D eigenvalue weighted by Crippen LogP contribution is -2.19. The van der Waals surface area contributed by atoms with Crippen molar-refractivity contribution in [2.45, 2.75) is 6.36 Å². The largest absolute Gasteiger partial charge is 0.573 e. The van der Waals surface area contributed by atoms with Crippen molar-refractivity contribution in [3.8, 4) is 11.8 Å². The molecule has 0 fully saturated rings. The fraction of sp³-hybridized carbons (Fsp3) is 0.200. The van der Waals surface area contributed by atoms with Gasteiger partial charge in [-0.25, -0.2) is 4.79 Å². The highest BCUT2D eigenvalue weighted by Gasteiger charge is 2.38. The van der Waals surface area contributed by atoms with Gasteiger partial charge in [-0.15, -0.1) is 13.2 Å². The van der Waals surface area contributed by atoms with Gasteiger partial charge in [-0.2, -0.15) is 5.26 Å². The second-order valence-electron chi connectivity index (χ2n) is 3.24. The molecule has 20 heavy (non-hydrogen) atoms. The third kappa shape index (κ3) is 3.14. The van der Waals surface area contributed by atoms with Gasteiger partial charge in [0.2, 0.25) is 5.75 Å². The van der Waals surface area contributed by atoms with Gasteiger partial charge in [0.1, 0.15) is 6.07 Å². The Labute approximate surface area is 109 Å². The fourth-order valence-electron chi connectivity index (χ4n) is 1.36. The zero-order valence-electron chi connectivity index (χ0n) is 9.72. The predicted molar refractivity (Wildman–Crippen MR) is 55.8 cm³/mol. The molecule has 0 unspecified atom stereocenters. The van der Waals surface area contributed by atoms with E-state index in [1.807, 2.05) is 0 Å². The number of nitriles is 1. The molecule has 7 nitrogen and oxygen atoms in total. The minimum Gasteiger partial charge on any atom is -0.465 e. The molecule has 0 aliphatic heterocycles. The number of alkyl halides is 3. The maximum atomic E-state index is 12.2. The van der Waals surface area contributed by atoms with Gasteiger partial charge in [0.15, 0.2) is 5.56 Å². The van der Waals surface area contributed by atoms with Crippen molar-refractivity contribution in [1.82, 2.24) is 0 Å². The molecule has 1 aromatic carbocycles. The Morgan fingerprint density at radius 3 is 2.45 bits per heavy atom. The average Bonchev–Trinajstić information content (AvgIpc) is 2.34. The summed E-state index contributed by atoms with van der Waals surface area (Å²) in [5, 5.41) is 19.6. The number of carbonyl (C=O) groups is 1. The summed E-state index contributed by atoms with van der Waals surface area (Å²) < 4.78 is 44.2. The van der Waals surface area contributed by atoms with Crippen molar-refractivity contribution in [1.29, 1.82) is 5.26 Å². The van der Waals surface area contributed by atoms with Crippen LogP contribution in [0.15, 0.2) is 12.1 Å². The number of carbonyl (C=O) groups excluding carboxylic acids is 1. The Kier molecular flexibility index (Phi) is 4.14. The summed E-state index contributed by atoms with van der Waals surface area (Å²) in [7, 11) is 0.866. The highest BCUT2D eigenvalue weighted by atomic mass is 19.4. The number of methoxy groups -OCH3 is 1. The first-order valence-electron chi connectivity index (χ1n) is 4.76. The summed E-state index contributed by atoms with van der Waals surface area (Å²) in [6, 6.07) is 2.83. The zero-order chi connectivity index (χ0) is 15.5. The Bertz CT molecular complexity index is 606. The first-order valence-corrected chi connectivity index (χ1v) is 4.76. The molecule has 106 valence electrons. The molecule has 0 N–H and O–H groups in total. The van der Waals surface area contributed by atoms with Crippen molar-refractivity contribution in [3.63, 3.8) is 0 Å². The lowest BCUT2D eigenvalue weighted by atomic mass is 10.1. The van der Waals surface area contributed by atoms with E-state index >= 15 is 0 Å². The molecule has 0 heterocycles. The van der Waals surface area contributed by atoms with E-state index in [2.05, 4.69) is 9.47 Å². The van der Waals surface area contributed by atoms with E-state index in [1.54, 1.807) is 0 Å². The van der Waals surface area contributed by atoms with Crippen LogP contribution in [-0.4, -0.2) is 24.4 Å². The van der Waals surface area contributed by atoms with Crippen LogP contribution in [0.25, 0.3) is 0 Å². The van der Waals surface area contributed by atoms with E-state index in [9.17, 15) is 28.1 Å². The van der Waals surface area contributed by atoms with Gasteiger partial charge < -0.3 is 9.47 Å². The van der Waals surface area contributed by atoms with Crippen molar-refractivity contribution >= 4 is 11.7 Å². The van der Waals surface area contributed by atoms with Crippen LogP contribution in [0.2, 0.25) is 0 Å². The number of esters is 1. The van der Waals surface area contributed by atoms with Gasteiger partial charge in [0, 0.05) is 0 Å². The smallest absolute Gasteiger partial charge is 0.465 e. The Balaban J connectivity index is 3.61. The minimum atomic E-state index is -5.19. The van der Waals surface area contributed by atoms with Crippen molar-refractivity contribution in [2.24, 2.45) is 0 Å². The van der Waals surface area contributed by atoms with Crippen LogP contribution >= 0.6 is 0 Å². The first kappa shape index (κ1) is 15.2. The van der Waals surface area contributed by atoms with Crippen LogP contribution in [-0.2, 0) is 4.74 Å². The molecule has 0 bridgehead atoms. The maximum Gasteiger partial charge on any atom is 0.573 e. The molecule has 0 aliphatic rings. The lowest BCUT2D eigenvalue weighted by Gasteiger charge is -2.11. The van der Waals surface area contributed by atoms with E-state index in [1.165, 1.54) is 6.07 Å². The summed E-state index contributed by atoms with van der Waals surface area (Å²) in [5.41, 5.74) is -2.69. The molecule has 0 atom stereocenters. The first-order chi connectivity index (χ1) is 9.21. The molecule has 0 aliphatic carbocycles. The molecule has 0 radical (unpaired) electrons. The normalized spacial score (nSPS) is 10.6. The Morgan fingerprint density at radius 1 is 1.45 bits per heavy atom. The third-order valence-corrected chi connectivity index (χ3v) is 2.06. The second kappa shape index (κ2) is 5.43. The zero-order valence-corrected chi connectivity index (χ0v) is 9.72. The summed E-state index contributed by atoms with van der Waals surface area (Å²) in [6.45, 7) is 0. The standard InChI is InChI=1S/C10H5F3N2O5/c1-19-9(16)7-5(4-14)2-3-6(8(7)15(17)18)20-10(11,12)13/h2-3H,1H3. The molecule has 0 amide bonds. The predicted octanol–water partition coefficient (Wildman–Crippen LogP) is 2.15. The van der Waals surface area contributed by atoms with Gasteiger partial charge in [0.25, 0.3) is 0 Å². The minimum absolute atomic E-state index is 0.502. The summed E-state index contributed by atoms with van der Waals surface area (Å²) in [4.78, 5) is 21.0. The number of nitro benzene ring substituents is 1. The Morgan fingerprint density at radius 2 is 2.05 bits per heavy atom.